The van der Waals surface area contributed by atoms with Crippen molar-refractivity contribution in [2.24, 2.45) is 0 Å². The molecule has 1 N–H and O–H groups in total. The summed E-state index contributed by atoms with van der Waals surface area (Å²) in [5.74, 6) is -0.641. The number of benzene rings is 2. The molecule has 33 heavy (non-hydrogen) atoms. The van der Waals surface area contributed by atoms with Crippen LogP contribution in [0.3, 0.4) is 0 Å². The Kier molecular flexibility index (Phi) is 6.69. The quantitative estimate of drug-likeness (QED) is 0.623. The first-order valence-electron chi connectivity index (χ1n) is 10.9. The van der Waals surface area contributed by atoms with E-state index in [1.54, 1.807) is 18.7 Å². The molecule has 1 aliphatic rings. The molecule has 0 atom stereocenters. The van der Waals surface area contributed by atoms with Crippen molar-refractivity contribution in [3.63, 3.8) is 0 Å². The van der Waals surface area contributed by atoms with E-state index < -0.39 is 0 Å². The summed E-state index contributed by atoms with van der Waals surface area (Å²) in [5, 5.41) is 11.0. The highest BCUT2D eigenvalue weighted by Crippen LogP contribution is 2.19. The number of anilines is 2. The molecule has 4 rings (SSSR count). The van der Waals surface area contributed by atoms with Crippen molar-refractivity contribution in [1.29, 1.82) is 0 Å². The topological polar surface area (TPSA) is 92.6 Å². The fourth-order valence-electron chi connectivity index (χ4n) is 3.78. The summed E-state index contributed by atoms with van der Waals surface area (Å²) in [6.45, 7) is 6.83. The SMILES string of the molecule is Cc1cccc(-n2nnc(C(=O)N(C)CC(=O)Nc3ccc(N4CCOCC4)cc3)c2C)c1. The van der Waals surface area contributed by atoms with Crippen LogP contribution in [0, 0.1) is 13.8 Å². The highest BCUT2D eigenvalue weighted by atomic mass is 16.5. The lowest BCUT2D eigenvalue weighted by Crippen LogP contribution is -2.36. The van der Waals surface area contributed by atoms with Gasteiger partial charge in [0.15, 0.2) is 5.69 Å². The van der Waals surface area contributed by atoms with Crippen molar-refractivity contribution in [3.8, 4) is 5.69 Å². The molecule has 9 nitrogen and oxygen atoms in total. The minimum absolute atomic E-state index is 0.0964. The van der Waals surface area contributed by atoms with Gasteiger partial charge in [-0.3, -0.25) is 9.59 Å². The summed E-state index contributed by atoms with van der Waals surface area (Å²) in [6, 6.07) is 15.5. The molecule has 9 heteroatoms. The molecule has 2 aromatic carbocycles. The van der Waals surface area contributed by atoms with Crippen molar-refractivity contribution in [2.45, 2.75) is 13.8 Å². The molecule has 1 saturated heterocycles. The molecule has 1 aliphatic heterocycles. The van der Waals surface area contributed by atoms with E-state index in [0.29, 0.717) is 11.4 Å². The minimum atomic E-state index is -0.357. The van der Waals surface area contributed by atoms with Gasteiger partial charge in [-0.2, -0.15) is 0 Å². The average molecular weight is 449 g/mol. The number of aromatic nitrogens is 3. The van der Waals surface area contributed by atoms with Gasteiger partial charge in [-0.15, -0.1) is 5.10 Å². The lowest BCUT2D eigenvalue weighted by molar-refractivity contribution is -0.116. The Balaban J connectivity index is 1.36. The van der Waals surface area contributed by atoms with Gasteiger partial charge in [-0.1, -0.05) is 17.3 Å². The zero-order chi connectivity index (χ0) is 23.4. The van der Waals surface area contributed by atoms with Crippen LogP contribution in [0.15, 0.2) is 48.5 Å². The van der Waals surface area contributed by atoms with Crippen LogP contribution in [0.25, 0.3) is 5.69 Å². The number of hydrogen-bond donors (Lipinski definition) is 1. The number of nitrogens with zero attached hydrogens (tertiary/aromatic N) is 5. The number of rotatable bonds is 6. The molecule has 0 saturated carbocycles. The lowest BCUT2D eigenvalue weighted by Gasteiger charge is -2.28. The molecule has 0 aliphatic carbocycles. The summed E-state index contributed by atoms with van der Waals surface area (Å²) < 4.78 is 7.01. The first-order valence-corrected chi connectivity index (χ1v) is 10.9. The maximum absolute atomic E-state index is 12.9. The number of nitrogens with one attached hydrogen (secondary N) is 1. The van der Waals surface area contributed by atoms with Crippen LogP contribution in [0.5, 0.6) is 0 Å². The maximum atomic E-state index is 12.9. The third-order valence-corrected chi connectivity index (χ3v) is 5.60. The summed E-state index contributed by atoms with van der Waals surface area (Å²) >= 11 is 0. The van der Waals surface area contributed by atoms with Crippen molar-refractivity contribution >= 4 is 23.2 Å². The summed E-state index contributed by atoms with van der Waals surface area (Å²) in [5.41, 5.74) is 4.54. The third-order valence-electron chi connectivity index (χ3n) is 5.60. The van der Waals surface area contributed by atoms with Crippen LogP contribution in [0.1, 0.15) is 21.7 Å². The zero-order valence-electron chi connectivity index (χ0n) is 19.1. The average Bonchev–Trinajstić information content (AvgIpc) is 3.20. The van der Waals surface area contributed by atoms with Crippen LogP contribution >= 0.6 is 0 Å². The van der Waals surface area contributed by atoms with Crippen molar-refractivity contribution in [3.05, 3.63) is 65.5 Å². The Morgan fingerprint density at radius 3 is 2.48 bits per heavy atom. The van der Waals surface area contributed by atoms with Gasteiger partial charge < -0.3 is 19.9 Å². The summed E-state index contributed by atoms with van der Waals surface area (Å²) in [4.78, 5) is 29.0. The number of aryl methyl sites for hydroxylation is 1. The van der Waals surface area contributed by atoms with Crippen LogP contribution in [0.4, 0.5) is 11.4 Å². The standard InChI is InChI=1S/C24H28N6O3/c1-17-5-4-6-21(15-17)30-18(2)23(26-27-30)24(32)28(3)16-22(31)25-19-7-9-20(10-8-19)29-11-13-33-14-12-29/h4-10,15H,11-14,16H2,1-3H3,(H,25,31). The highest BCUT2D eigenvalue weighted by molar-refractivity contribution is 5.98. The molecular weight excluding hydrogens is 420 g/mol. The van der Waals surface area contributed by atoms with Gasteiger partial charge in [0, 0.05) is 31.5 Å². The Labute approximate surface area is 192 Å². The van der Waals surface area contributed by atoms with Gasteiger partial charge in [0.1, 0.15) is 0 Å². The molecule has 1 fully saturated rings. The molecule has 2 heterocycles. The van der Waals surface area contributed by atoms with Crippen LogP contribution in [-0.2, 0) is 9.53 Å². The van der Waals surface area contributed by atoms with Gasteiger partial charge in [0.25, 0.3) is 5.91 Å². The van der Waals surface area contributed by atoms with E-state index in [1.807, 2.05) is 55.5 Å². The fraction of sp³-hybridized carbons (Fsp3) is 0.333. The van der Waals surface area contributed by atoms with Crippen molar-refractivity contribution in [1.82, 2.24) is 19.9 Å². The fourth-order valence-corrected chi connectivity index (χ4v) is 3.78. The molecule has 1 aromatic heterocycles. The first kappa shape index (κ1) is 22.5. The van der Waals surface area contributed by atoms with Crippen LogP contribution in [-0.4, -0.2) is 71.6 Å². The second-order valence-electron chi connectivity index (χ2n) is 8.13. The van der Waals surface area contributed by atoms with E-state index in [0.717, 1.165) is 43.2 Å². The van der Waals surface area contributed by atoms with Crippen LogP contribution < -0.4 is 10.2 Å². The lowest BCUT2D eigenvalue weighted by atomic mass is 10.2. The van der Waals surface area contributed by atoms with Crippen molar-refractivity contribution < 1.29 is 14.3 Å². The van der Waals surface area contributed by atoms with E-state index in [-0.39, 0.29) is 24.1 Å². The van der Waals surface area contributed by atoms with Gasteiger partial charge in [-0.25, -0.2) is 4.68 Å². The van der Waals surface area contributed by atoms with E-state index in [2.05, 4.69) is 20.5 Å². The van der Waals surface area contributed by atoms with Crippen molar-refractivity contribution in [2.75, 3.05) is 50.1 Å². The maximum Gasteiger partial charge on any atom is 0.276 e. The Bertz CT molecular complexity index is 1140. The molecule has 0 unspecified atom stereocenters. The van der Waals surface area contributed by atoms with Crippen LogP contribution in [0.2, 0.25) is 0 Å². The monoisotopic (exact) mass is 448 g/mol. The molecule has 0 bridgehead atoms. The normalized spacial score (nSPS) is 13.6. The molecule has 2 amide bonds. The summed E-state index contributed by atoms with van der Waals surface area (Å²) in [7, 11) is 1.58. The predicted octanol–water partition coefficient (Wildman–Crippen LogP) is 2.43. The van der Waals surface area contributed by atoms with Gasteiger partial charge in [0.05, 0.1) is 31.1 Å². The Morgan fingerprint density at radius 1 is 1.06 bits per heavy atom. The number of morpholine rings is 1. The van der Waals surface area contributed by atoms with E-state index in [9.17, 15) is 9.59 Å². The third kappa shape index (κ3) is 5.20. The molecule has 0 spiro atoms. The second-order valence-corrected chi connectivity index (χ2v) is 8.13. The number of carbonyl (C=O) groups is 2. The molecule has 3 aromatic rings. The molecular formula is C24H28N6O3. The molecule has 172 valence electrons. The number of amides is 2. The largest absolute Gasteiger partial charge is 0.378 e. The smallest absolute Gasteiger partial charge is 0.276 e. The van der Waals surface area contributed by atoms with E-state index in [4.69, 9.17) is 4.74 Å². The minimum Gasteiger partial charge on any atom is -0.378 e. The first-order chi connectivity index (χ1) is 15.9. The van der Waals surface area contributed by atoms with Gasteiger partial charge in [-0.05, 0) is 55.8 Å². The number of ether oxygens (including phenoxy) is 1. The number of likely N-dealkylation sites (N-methyl/N-ethyl adjacent to an activating group) is 1. The Hall–Kier alpha value is -3.72. The van der Waals surface area contributed by atoms with E-state index in [1.165, 1.54) is 4.90 Å². The van der Waals surface area contributed by atoms with Gasteiger partial charge >= 0.3 is 0 Å². The number of carbonyl (C=O) groups excluding carboxylic acids is 2. The van der Waals surface area contributed by atoms with Gasteiger partial charge in [0.2, 0.25) is 5.91 Å². The summed E-state index contributed by atoms with van der Waals surface area (Å²) in [6.07, 6.45) is 0. The second kappa shape index (κ2) is 9.83. The molecule has 0 radical (unpaired) electrons. The Morgan fingerprint density at radius 2 is 1.79 bits per heavy atom. The predicted molar refractivity (Wildman–Crippen MR) is 126 cm³/mol. The van der Waals surface area contributed by atoms with E-state index >= 15 is 0 Å². The highest BCUT2D eigenvalue weighted by Gasteiger charge is 2.22. The number of hydrogen-bond acceptors (Lipinski definition) is 6. The zero-order valence-corrected chi connectivity index (χ0v) is 19.1.